The topological polar surface area (TPSA) is 184 Å². The average molecular weight is 497 g/mol. The molecule has 36 heavy (non-hydrogen) atoms. The van der Waals surface area contributed by atoms with Gasteiger partial charge in [-0.15, -0.1) is 10.2 Å². The number of anilines is 3. The summed E-state index contributed by atoms with van der Waals surface area (Å²) in [4.78, 5) is 27.6. The second-order valence-electron chi connectivity index (χ2n) is 8.09. The Balaban J connectivity index is 1.32. The number of nitrogen functional groups attached to an aromatic ring is 1. The molecular weight excluding hydrogens is 472 g/mol. The molecule has 4 aromatic rings. The van der Waals surface area contributed by atoms with Crippen molar-refractivity contribution in [2.24, 2.45) is 0 Å². The van der Waals surface area contributed by atoms with Crippen LogP contribution < -0.4 is 20.7 Å². The van der Waals surface area contributed by atoms with Crippen molar-refractivity contribution in [2.75, 3.05) is 36.1 Å². The van der Waals surface area contributed by atoms with Crippen LogP contribution in [0.5, 0.6) is 5.88 Å². The first-order valence-corrected chi connectivity index (χ1v) is 10.6. The molecule has 2 amide bonds. The summed E-state index contributed by atoms with van der Waals surface area (Å²) in [5.74, 6) is -1.41. The molecule has 1 aliphatic heterocycles. The maximum Gasteiger partial charge on any atom is 0.260 e. The zero-order valence-corrected chi connectivity index (χ0v) is 18.8. The highest BCUT2D eigenvalue weighted by Crippen LogP contribution is 2.27. The van der Waals surface area contributed by atoms with E-state index in [1.165, 1.54) is 47.1 Å². The summed E-state index contributed by atoms with van der Waals surface area (Å²) in [5.41, 5.74) is 4.39. The number of methoxy groups -OCH3 is 1. The normalized spacial score (nSPS) is 19.3. The van der Waals surface area contributed by atoms with E-state index in [9.17, 15) is 14.7 Å². The van der Waals surface area contributed by atoms with Crippen LogP contribution in [0.2, 0.25) is 0 Å². The lowest BCUT2D eigenvalue weighted by atomic mass is 9.95. The van der Waals surface area contributed by atoms with Crippen LogP contribution in [0.3, 0.4) is 0 Å². The molecule has 4 heterocycles. The van der Waals surface area contributed by atoms with Gasteiger partial charge in [0.15, 0.2) is 28.9 Å². The van der Waals surface area contributed by atoms with Crippen molar-refractivity contribution in [3.63, 3.8) is 0 Å². The Morgan fingerprint density at radius 3 is 3.08 bits per heavy atom. The number of nitrogens with one attached hydrogen (secondary N) is 1. The summed E-state index contributed by atoms with van der Waals surface area (Å²) in [7, 11) is -2.71. The molecule has 0 spiro atoms. The Morgan fingerprint density at radius 2 is 2.25 bits per heavy atom. The van der Waals surface area contributed by atoms with Gasteiger partial charge in [-0.1, -0.05) is 5.16 Å². The van der Waals surface area contributed by atoms with E-state index in [1.807, 2.05) is 0 Å². The van der Waals surface area contributed by atoms with Crippen molar-refractivity contribution in [3.8, 4) is 11.6 Å². The van der Waals surface area contributed by atoms with Gasteiger partial charge in [-0.2, -0.15) is 5.10 Å². The number of amides is 2. The van der Waals surface area contributed by atoms with Crippen LogP contribution in [0.1, 0.15) is 11.0 Å². The number of carbonyl (C=O) groups excluding carboxylic acids is 2. The number of ether oxygens (including phenoxy) is 2. The first kappa shape index (κ1) is 19.7. The number of benzene rings is 1. The van der Waals surface area contributed by atoms with Gasteiger partial charge in [-0.05, 0) is 19.1 Å². The summed E-state index contributed by atoms with van der Waals surface area (Å²) in [5, 5.41) is 29.5. The molecule has 3 aromatic heterocycles. The second kappa shape index (κ2) is 8.90. The van der Waals surface area contributed by atoms with Gasteiger partial charge in [0.05, 0.1) is 41.6 Å². The van der Waals surface area contributed by atoms with Gasteiger partial charge in [0.1, 0.15) is 0 Å². The van der Waals surface area contributed by atoms with Crippen molar-refractivity contribution in [1.29, 1.82) is 0 Å². The number of morpholine rings is 1. The number of fused-ring (bicyclic) bond motifs is 1. The van der Waals surface area contributed by atoms with Crippen LogP contribution >= 0.6 is 0 Å². The minimum atomic E-state index is -2.71. The first-order chi connectivity index (χ1) is 18.4. The van der Waals surface area contributed by atoms with E-state index in [-0.39, 0.29) is 36.4 Å². The van der Waals surface area contributed by atoms with Crippen molar-refractivity contribution in [3.05, 3.63) is 42.7 Å². The van der Waals surface area contributed by atoms with Crippen LogP contribution in [0.15, 0.2) is 47.2 Å². The van der Waals surface area contributed by atoms with Gasteiger partial charge in [0.2, 0.25) is 5.88 Å². The third-order valence-electron chi connectivity index (χ3n) is 5.66. The number of hydrogen-bond donors (Lipinski definition) is 3. The molecule has 0 aliphatic carbocycles. The molecule has 0 unspecified atom stereocenters. The number of nitrogens with two attached hydrogens (primary N) is 1. The number of aromatic nitrogens is 5. The SMILES string of the molecule is [2H]C([2H])([2H])Oc1cc(-n2ccc(N3CCO[C@H]([C@@](C)(O)C(=O)Nc4ccc5c(N)noc5c4)C3=O)n2)cnn1. The minimum absolute atomic E-state index is 0.0172. The van der Waals surface area contributed by atoms with Gasteiger partial charge in [-0.3, -0.25) is 14.5 Å². The van der Waals surface area contributed by atoms with Gasteiger partial charge in [0, 0.05) is 30.1 Å². The van der Waals surface area contributed by atoms with Crippen LogP contribution in [0.4, 0.5) is 17.3 Å². The minimum Gasteiger partial charge on any atom is -0.480 e. The number of nitrogens with zero attached hydrogens (tertiary/aromatic N) is 6. The highest BCUT2D eigenvalue weighted by molar-refractivity contribution is 6.06. The predicted molar refractivity (Wildman–Crippen MR) is 125 cm³/mol. The average Bonchev–Trinajstić information content (AvgIpc) is 3.50. The molecule has 2 atom stereocenters. The van der Waals surface area contributed by atoms with Gasteiger partial charge < -0.3 is 30.2 Å². The van der Waals surface area contributed by atoms with Crippen LogP contribution in [0.25, 0.3) is 16.7 Å². The lowest BCUT2D eigenvalue weighted by Crippen LogP contribution is -2.61. The fourth-order valence-electron chi connectivity index (χ4n) is 3.74. The fourth-order valence-corrected chi connectivity index (χ4v) is 3.74. The Morgan fingerprint density at radius 1 is 1.39 bits per heavy atom. The summed E-state index contributed by atoms with van der Waals surface area (Å²) >= 11 is 0. The van der Waals surface area contributed by atoms with Crippen LogP contribution in [-0.4, -0.2) is 74.0 Å². The Labute approximate surface area is 207 Å². The lowest BCUT2D eigenvalue weighted by Gasteiger charge is -2.37. The molecular formula is C22H22N8O6. The molecule has 1 aromatic carbocycles. The molecule has 14 heteroatoms. The van der Waals surface area contributed by atoms with E-state index < -0.39 is 30.6 Å². The molecule has 0 radical (unpaired) electrons. The number of aliphatic hydroxyl groups is 1. The highest BCUT2D eigenvalue weighted by Gasteiger charge is 2.49. The third-order valence-corrected chi connectivity index (χ3v) is 5.66. The zero-order chi connectivity index (χ0) is 27.9. The summed E-state index contributed by atoms with van der Waals surface area (Å²) in [6.07, 6.45) is 1.30. The quantitative estimate of drug-likeness (QED) is 0.337. The second-order valence-corrected chi connectivity index (χ2v) is 8.09. The molecule has 1 aliphatic rings. The molecule has 14 nitrogen and oxygen atoms in total. The Hall–Kier alpha value is -4.56. The zero-order valence-electron chi connectivity index (χ0n) is 21.8. The monoisotopic (exact) mass is 497 g/mol. The van der Waals surface area contributed by atoms with Gasteiger partial charge in [0.25, 0.3) is 11.8 Å². The summed E-state index contributed by atoms with van der Waals surface area (Å²) in [6, 6.07) is 7.48. The molecule has 186 valence electrons. The number of hydrogen-bond acceptors (Lipinski definition) is 11. The molecule has 0 bridgehead atoms. The number of carbonyl (C=O) groups is 2. The van der Waals surface area contributed by atoms with Crippen LogP contribution in [-0.2, 0) is 14.3 Å². The van der Waals surface area contributed by atoms with Crippen molar-refractivity contribution < 1.29 is 32.8 Å². The largest absolute Gasteiger partial charge is 0.480 e. The number of rotatable bonds is 6. The molecule has 1 saturated heterocycles. The van der Waals surface area contributed by atoms with E-state index >= 15 is 0 Å². The summed E-state index contributed by atoms with van der Waals surface area (Å²) < 4.78 is 38.3. The Kier molecular flexibility index (Phi) is 4.88. The van der Waals surface area contributed by atoms with Crippen molar-refractivity contribution in [2.45, 2.75) is 18.6 Å². The Bertz CT molecular complexity index is 1550. The van der Waals surface area contributed by atoms with E-state index in [0.29, 0.717) is 16.7 Å². The maximum atomic E-state index is 13.3. The van der Waals surface area contributed by atoms with E-state index in [2.05, 4.69) is 25.8 Å². The smallest absolute Gasteiger partial charge is 0.260 e. The van der Waals surface area contributed by atoms with Gasteiger partial charge >= 0.3 is 0 Å². The van der Waals surface area contributed by atoms with Gasteiger partial charge in [-0.25, -0.2) is 4.68 Å². The molecule has 5 rings (SSSR count). The maximum absolute atomic E-state index is 13.3. The van der Waals surface area contributed by atoms with E-state index in [0.717, 1.165) is 0 Å². The molecule has 0 saturated carbocycles. The first-order valence-electron chi connectivity index (χ1n) is 12.1. The van der Waals surface area contributed by atoms with Crippen LogP contribution in [0, 0.1) is 0 Å². The van der Waals surface area contributed by atoms with E-state index in [4.69, 9.17) is 23.8 Å². The molecule has 1 fully saturated rings. The fraction of sp³-hybridized carbons (Fsp3) is 0.273. The predicted octanol–water partition coefficient (Wildman–Crippen LogP) is 0.516. The van der Waals surface area contributed by atoms with Crippen molar-refractivity contribution in [1.82, 2.24) is 25.1 Å². The standard InChI is InChI=1S/C22H22N8O6/c1-22(33,21(32)25-12-3-4-14-15(9-12)36-28-19(14)23)18-20(31)29(7-8-35-18)16-5-6-30(27-16)13-10-17(34-2)26-24-11-13/h3-6,9-11,18,33H,7-8H2,1-2H3,(H2,23,28)(H,25,32)/t18-,22+/m0/s1/i2D3. The summed E-state index contributed by atoms with van der Waals surface area (Å²) in [6.45, 7) is 1.30. The lowest BCUT2D eigenvalue weighted by molar-refractivity contribution is -0.165. The molecule has 4 N–H and O–H groups in total. The highest BCUT2D eigenvalue weighted by atomic mass is 16.5. The third kappa shape index (κ3) is 4.08. The van der Waals surface area contributed by atoms with Crippen molar-refractivity contribution >= 4 is 40.1 Å². The van der Waals surface area contributed by atoms with E-state index in [1.54, 1.807) is 12.1 Å².